The van der Waals surface area contributed by atoms with E-state index in [2.05, 4.69) is 10.3 Å². The molecule has 2 rings (SSSR count). The number of carboxylic acid groups (broad SMARTS) is 2. The second-order valence-electron chi connectivity index (χ2n) is 4.35. The highest BCUT2D eigenvalue weighted by Crippen LogP contribution is 2.16. The number of hydrogen-bond acceptors (Lipinski definition) is 4. The fourth-order valence-corrected chi connectivity index (χ4v) is 1.75. The van der Waals surface area contributed by atoms with Gasteiger partial charge in [-0.1, -0.05) is 11.3 Å². The third-order valence-corrected chi connectivity index (χ3v) is 2.84. The maximum Gasteiger partial charge on any atom is 0.335 e. The van der Waals surface area contributed by atoms with Crippen molar-refractivity contribution in [2.24, 2.45) is 0 Å². The van der Waals surface area contributed by atoms with Crippen molar-refractivity contribution in [2.75, 3.05) is 0 Å². The Bertz CT molecular complexity index is 663. The molecule has 0 spiro atoms. The van der Waals surface area contributed by atoms with E-state index in [1.54, 1.807) is 12.3 Å². The fraction of sp³-hybridized carbons (Fsp3) is 0.231. The first-order valence-corrected chi connectivity index (χ1v) is 5.94. The molecule has 0 fully saturated rings. The van der Waals surface area contributed by atoms with Crippen molar-refractivity contribution in [3.8, 4) is 5.69 Å². The molecule has 0 saturated carbocycles. The highest BCUT2D eigenvalue weighted by atomic mass is 16.4. The van der Waals surface area contributed by atoms with Gasteiger partial charge in [-0.05, 0) is 24.6 Å². The van der Waals surface area contributed by atoms with Crippen LogP contribution in [0.3, 0.4) is 0 Å². The monoisotopic (exact) mass is 275 g/mol. The van der Waals surface area contributed by atoms with Gasteiger partial charge in [0.1, 0.15) is 0 Å². The zero-order valence-corrected chi connectivity index (χ0v) is 10.8. The molecule has 0 aliphatic carbocycles. The number of hydrogen-bond donors (Lipinski definition) is 2. The van der Waals surface area contributed by atoms with Gasteiger partial charge in [0, 0.05) is 6.42 Å². The predicted molar refractivity (Wildman–Crippen MR) is 69.0 cm³/mol. The number of aromatic carboxylic acids is 1. The molecular formula is C13H13N3O4. The Morgan fingerprint density at radius 3 is 2.70 bits per heavy atom. The molecule has 0 atom stereocenters. The van der Waals surface area contributed by atoms with Crippen LogP contribution in [-0.4, -0.2) is 37.1 Å². The molecule has 104 valence electrons. The van der Waals surface area contributed by atoms with Crippen LogP contribution in [0.2, 0.25) is 0 Å². The zero-order chi connectivity index (χ0) is 14.7. The van der Waals surface area contributed by atoms with Gasteiger partial charge in [-0.25, -0.2) is 9.48 Å². The van der Waals surface area contributed by atoms with Crippen LogP contribution in [-0.2, 0) is 11.2 Å². The molecule has 0 saturated heterocycles. The number of carboxylic acids is 2. The molecule has 0 aliphatic heterocycles. The maximum absolute atomic E-state index is 11.0. The predicted octanol–water partition coefficient (Wildman–Crippen LogP) is 1.29. The molecule has 20 heavy (non-hydrogen) atoms. The Morgan fingerprint density at radius 2 is 2.05 bits per heavy atom. The van der Waals surface area contributed by atoms with Gasteiger partial charge in [0.15, 0.2) is 0 Å². The first-order valence-electron chi connectivity index (χ1n) is 5.94. The number of aromatic nitrogens is 3. The summed E-state index contributed by atoms with van der Waals surface area (Å²) in [6, 6.07) is 4.72. The number of carbonyl (C=O) groups is 2. The summed E-state index contributed by atoms with van der Waals surface area (Å²) in [5, 5.41) is 25.4. The third kappa shape index (κ3) is 3.00. The average Bonchev–Trinajstić information content (AvgIpc) is 2.85. The largest absolute Gasteiger partial charge is 0.481 e. The lowest BCUT2D eigenvalue weighted by Gasteiger charge is -2.05. The Morgan fingerprint density at radius 1 is 1.30 bits per heavy atom. The zero-order valence-electron chi connectivity index (χ0n) is 10.8. The van der Waals surface area contributed by atoms with Crippen LogP contribution in [0, 0.1) is 6.92 Å². The molecule has 7 heteroatoms. The fourth-order valence-electron chi connectivity index (χ4n) is 1.75. The second kappa shape index (κ2) is 5.52. The lowest BCUT2D eigenvalue weighted by atomic mass is 10.1. The van der Waals surface area contributed by atoms with Crippen LogP contribution >= 0.6 is 0 Å². The minimum Gasteiger partial charge on any atom is -0.481 e. The van der Waals surface area contributed by atoms with Gasteiger partial charge in [-0.15, -0.1) is 5.10 Å². The van der Waals surface area contributed by atoms with Gasteiger partial charge >= 0.3 is 11.9 Å². The van der Waals surface area contributed by atoms with Crippen molar-refractivity contribution in [3.05, 3.63) is 41.2 Å². The van der Waals surface area contributed by atoms with Crippen molar-refractivity contribution < 1.29 is 19.8 Å². The van der Waals surface area contributed by atoms with E-state index in [1.165, 1.54) is 16.8 Å². The van der Waals surface area contributed by atoms with Gasteiger partial charge in [-0.2, -0.15) is 0 Å². The van der Waals surface area contributed by atoms with Crippen molar-refractivity contribution >= 4 is 11.9 Å². The first kappa shape index (κ1) is 13.7. The molecular weight excluding hydrogens is 262 g/mol. The van der Waals surface area contributed by atoms with Gasteiger partial charge in [-0.3, -0.25) is 4.79 Å². The molecule has 0 aliphatic rings. The van der Waals surface area contributed by atoms with Crippen molar-refractivity contribution in [3.63, 3.8) is 0 Å². The summed E-state index contributed by atoms with van der Waals surface area (Å²) in [4.78, 5) is 21.5. The van der Waals surface area contributed by atoms with Crippen LogP contribution in [0.25, 0.3) is 5.69 Å². The van der Waals surface area contributed by atoms with Crippen LogP contribution < -0.4 is 0 Å². The quantitative estimate of drug-likeness (QED) is 0.851. The Balaban J connectivity index is 2.29. The third-order valence-electron chi connectivity index (χ3n) is 2.84. The number of aryl methyl sites for hydroxylation is 2. The topological polar surface area (TPSA) is 105 Å². The summed E-state index contributed by atoms with van der Waals surface area (Å²) in [5.74, 6) is -1.92. The van der Waals surface area contributed by atoms with Crippen molar-refractivity contribution in [1.82, 2.24) is 15.0 Å². The minimum atomic E-state index is -1.02. The first-order chi connectivity index (χ1) is 9.47. The van der Waals surface area contributed by atoms with E-state index >= 15 is 0 Å². The van der Waals surface area contributed by atoms with E-state index in [1.807, 2.05) is 6.92 Å². The molecule has 1 aromatic heterocycles. The number of nitrogens with zero attached hydrogens (tertiary/aromatic N) is 3. The second-order valence-corrected chi connectivity index (χ2v) is 4.35. The lowest BCUT2D eigenvalue weighted by molar-refractivity contribution is -0.136. The summed E-state index contributed by atoms with van der Waals surface area (Å²) >= 11 is 0. The summed E-state index contributed by atoms with van der Waals surface area (Å²) in [5.41, 5.74) is 2.17. The average molecular weight is 275 g/mol. The highest BCUT2D eigenvalue weighted by molar-refractivity contribution is 5.88. The van der Waals surface area contributed by atoms with Crippen LogP contribution in [0.15, 0.2) is 24.4 Å². The maximum atomic E-state index is 11.0. The van der Waals surface area contributed by atoms with E-state index in [4.69, 9.17) is 10.2 Å². The smallest absolute Gasteiger partial charge is 0.335 e. The number of benzene rings is 1. The molecule has 2 N–H and O–H groups in total. The van der Waals surface area contributed by atoms with E-state index in [0.29, 0.717) is 11.4 Å². The van der Waals surface area contributed by atoms with Crippen molar-refractivity contribution in [1.29, 1.82) is 0 Å². The Hall–Kier alpha value is -2.70. The van der Waals surface area contributed by atoms with E-state index in [9.17, 15) is 9.59 Å². The molecule has 7 nitrogen and oxygen atoms in total. The lowest BCUT2D eigenvalue weighted by Crippen LogP contribution is -2.02. The minimum absolute atomic E-state index is 0.0210. The normalized spacial score (nSPS) is 10.4. The number of aliphatic carboxylic acids is 1. The van der Waals surface area contributed by atoms with Gasteiger partial charge in [0.05, 0.1) is 29.6 Å². The SMILES string of the molecule is Cc1ccc(C(=O)O)cc1-n1cc(CCC(=O)O)nn1. The number of rotatable bonds is 5. The summed E-state index contributed by atoms with van der Waals surface area (Å²) in [6.07, 6.45) is 1.87. The van der Waals surface area contributed by atoms with Crippen LogP contribution in [0.5, 0.6) is 0 Å². The molecule has 0 radical (unpaired) electrons. The van der Waals surface area contributed by atoms with E-state index < -0.39 is 11.9 Å². The Labute approximate surface area is 114 Å². The van der Waals surface area contributed by atoms with Crippen LogP contribution in [0.4, 0.5) is 0 Å². The van der Waals surface area contributed by atoms with E-state index in [0.717, 1.165) is 5.56 Å². The molecule has 1 aromatic carbocycles. The van der Waals surface area contributed by atoms with Gasteiger partial charge < -0.3 is 10.2 Å². The van der Waals surface area contributed by atoms with Gasteiger partial charge in [0.25, 0.3) is 0 Å². The van der Waals surface area contributed by atoms with E-state index in [-0.39, 0.29) is 18.4 Å². The summed E-state index contributed by atoms with van der Waals surface area (Å²) in [6.45, 7) is 1.83. The molecule has 1 heterocycles. The summed E-state index contributed by atoms with van der Waals surface area (Å²) < 4.78 is 1.46. The molecule has 0 unspecified atom stereocenters. The standard InChI is InChI=1S/C13H13N3O4/c1-8-2-3-9(13(19)20)6-11(8)16-7-10(14-15-16)4-5-12(17)18/h2-3,6-7H,4-5H2,1H3,(H,17,18)(H,19,20). The molecule has 0 amide bonds. The highest BCUT2D eigenvalue weighted by Gasteiger charge is 2.10. The summed E-state index contributed by atoms with van der Waals surface area (Å²) in [7, 11) is 0. The van der Waals surface area contributed by atoms with Crippen molar-refractivity contribution in [2.45, 2.75) is 19.8 Å². The Kier molecular flexibility index (Phi) is 3.79. The van der Waals surface area contributed by atoms with Crippen LogP contribution in [0.1, 0.15) is 28.0 Å². The van der Waals surface area contributed by atoms with Gasteiger partial charge in [0.2, 0.25) is 0 Å². The molecule has 2 aromatic rings. The molecule has 0 bridgehead atoms.